The van der Waals surface area contributed by atoms with Gasteiger partial charge >= 0.3 is 0 Å². The van der Waals surface area contributed by atoms with Crippen LogP contribution in [0.2, 0.25) is 0 Å². The molecular formula is C21H31N3O2. The number of amides is 1. The van der Waals surface area contributed by atoms with E-state index in [4.69, 9.17) is 4.74 Å². The highest BCUT2D eigenvalue weighted by Crippen LogP contribution is 2.21. The Morgan fingerprint density at radius 3 is 2.27 bits per heavy atom. The number of nitrogens with zero attached hydrogens (tertiary/aromatic N) is 3. The van der Waals surface area contributed by atoms with Gasteiger partial charge in [0.25, 0.3) is 5.91 Å². The van der Waals surface area contributed by atoms with Crippen molar-refractivity contribution < 1.29 is 9.53 Å². The fourth-order valence-electron chi connectivity index (χ4n) is 4.54. The van der Waals surface area contributed by atoms with E-state index in [1.54, 1.807) is 0 Å². The third-order valence-corrected chi connectivity index (χ3v) is 6.12. The highest BCUT2D eigenvalue weighted by atomic mass is 16.5. The van der Waals surface area contributed by atoms with E-state index in [0.29, 0.717) is 5.92 Å². The minimum atomic E-state index is 0.191. The number of ether oxygens (including phenoxy) is 1. The minimum absolute atomic E-state index is 0.191. The predicted octanol–water partition coefficient (Wildman–Crippen LogP) is 1.80. The van der Waals surface area contributed by atoms with Crippen LogP contribution in [0, 0.1) is 11.8 Å². The van der Waals surface area contributed by atoms with Crippen molar-refractivity contribution in [2.45, 2.75) is 12.8 Å². The quantitative estimate of drug-likeness (QED) is 0.805. The zero-order chi connectivity index (χ0) is 17.8. The number of hydrogen-bond donors (Lipinski definition) is 0. The van der Waals surface area contributed by atoms with Crippen molar-refractivity contribution >= 4 is 5.91 Å². The Balaban J connectivity index is 1.19. The maximum atomic E-state index is 12.6. The molecule has 0 spiro atoms. The largest absolute Gasteiger partial charge is 0.381 e. The van der Waals surface area contributed by atoms with Crippen molar-refractivity contribution in [3.8, 4) is 0 Å². The molecule has 4 rings (SSSR count). The van der Waals surface area contributed by atoms with Crippen LogP contribution in [0.5, 0.6) is 0 Å². The standard InChI is InChI=1S/C21H31N3O2/c25-21(20-4-2-1-3-5-20)24-8-6-18(16-24)14-22-9-11-23(12-10-22)15-19-7-13-26-17-19/h1-5,18-19H,6-17H2/t18-,19-/m0/s1. The van der Waals surface area contributed by atoms with Gasteiger partial charge in [0.05, 0.1) is 6.61 Å². The van der Waals surface area contributed by atoms with Gasteiger partial charge in [-0.1, -0.05) is 18.2 Å². The summed E-state index contributed by atoms with van der Waals surface area (Å²) in [6.45, 7) is 10.7. The van der Waals surface area contributed by atoms with Gasteiger partial charge in [0.2, 0.25) is 0 Å². The van der Waals surface area contributed by atoms with E-state index in [1.807, 2.05) is 35.2 Å². The first-order valence-corrected chi connectivity index (χ1v) is 10.1. The zero-order valence-corrected chi connectivity index (χ0v) is 15.7. The van der Waals surface area contributed by atoms with E-state index >= 15 is 0 Å². The van der Waals surface area contributed by atoms with Crippen molar-refractivity contribution in [1.29, 1.82) is 0 Å². The van der Waals surface area contributed by atoms with Crippen LogP contribution in [-0.4, -0.2) is 86.2 Å². The Morgan fingerprint density at radius 1 is 0.923 bits per heavy atom. The van der Waals surface area contributed by atoms with Crippen LogP contribution in [0.3, 0.4) is 0 Å². The predicted molar refractivity (Wildman–Crippen MR) is 102 cm³/mol. The average Bonchev–Trinajstić information content (AvgIpc) is 3.36. The molecular weight excluding hydrogens is 326 g/mol. The van der Waals surface area contributed by atoms with Crippen LogP contribution in [0.15, 0.2) is 30.3 Å². The average molecular weight is 357 g/mol. The molecule has 3 aliphatic heterocycles. The molecule has 0 bridgehead atoms. The molecule has 142 valence electrons. The van der Waals surface area contributed by atoms with Crippen LogP contribution in [0.25, 0.3) is 0 Å². The lowest BCUT2D eigenvalue weighted by molar-refractivity contribution is 0.0772. The molecule has 5 heteroatoms. The first-order valence-electron chi connectivity index (χ1n) is 10.1. The molecule has 3 aliphatic rings. The lowest BCUT2D eigenvalue weighted by atomic mass is 10.1. The van der Waals surface area contributed by atoms with Gasteiger partial charge in [0.1, 0.15) is 0 Å². The summed E-state index contributed by atoms with van der Waals surface area (Å²) in [4.78, 5) is 19.8. The fraction of sp³-hybridized carbons (Fsp3) is 0.667. The second-order valence-electron chi connectivity index (χ2n) is 8.10. The molecule has 0 aromatic heterocycles. The molecule has 0 N–H and O–H groups in total. The van der Waals surface area contributed by atoms with E-state index in [0.717, 1.165) is 63.8 Å². The number of likely N-dealkylation sites (tertiary alicyclic amines) is 1. The first-order chi connectivity index (χ1) is 12.8. The summed E-state index contributed by atoms with van der Waals surface area (Å²) in [6, 6.07) is 9.69. The fourth-order valence-corrected chi connectivity index (χ4v) is 4.54. The summed E-state index contributed by atoms with van der Waals surface area (Å²) in [5.74, 6) is 1.56. The first kappa shape index (κ1) is 18.0. The molecule has 26 heavy (non-hydrogen) atoms. The molecule has 3 saturated heterocycles. The van der Waals surface area contributed by atoms with Gasteiger partial charge in [-0.3, -0.25) is 4.79 Å². The Labute approximate surface area is 156 Å². The molecule has 5 nitrogen and oxygen atoms in total. The van der Waals surface area contributed by atoms with Gasteiger partial charge in [-0.05, 0) is 36.8 Å². The van der Waals surface area contributed by atoms with Crippen LogP contribution in [0.4, 0.5) is 0 Å². The Bertz CT molecular complexity index is 580. The van der Waals surface area contributed by atoms with Crippen LogP contribution in [0.1, 0.15) is 23.2 Å². The third-order valence-electron chi connectivity index (χ3n) is 6.12. The SMILES string of the molecule is O=C(c1ccccc1)N1CC[C@@H](CN2CCN(C[C@@H]3CCOC3)CC2)C1. The maximum absolute atomic E-state index is 12.6. The Morgan fingerprint density at radius 2 is 1.62 bits per heavy atom. The van der Waals surface area contributed by atoms with E-state index in [1.165, 1.54) is 26.1 Å². The lowest BCUT2D eigenvalue weighted by Crippen LogP contribution is -2.49. The highest BCUT2D eigenvalue weighted by molar-refractivity contribution is 5.94. The van der Waals surface area contributed by atoms with Crippen molar-refractivity contribution in [3.63, 3.8) is 0 Å². The number of benzene rings is 1. The Hall–Kier alpha value is -1.43. The summed E-state index contributed by atoms with van der Waals surface area (Å²) >= 11 is 0. The summed E-state index contributed by atoms with van der Waals surface area (Å²) in [7, 11) is 0. The molecule has 3 fully saturated rings. The highest BCUT2D eigenvalue weighted by Gasteiger charge is 2.29. The monoisotopic (exact) mass is 357 g/mol. The molecule has 1 aromatic rings. The molecule has 2 atom stereocenters. The molecule has 1 aromatic carbocycles. The number of hydrogen-bond acceptors (Lipinski definition) is 4. The van der Waals surface area contributed by atoms with Gasteiger partial charge in [-0.15, -0.1) is 0 Å². The van der Waals surface area contributed by atoms with Crippen LogP contribution in [-0.2, 0) is 4.74 Å². The smallest absolute Gasteiger partial charge is 0.253 e. The summed E-state index contributed by atoms with van der Waals surface area (Å²) in [5.41, 5.74) is 0.817. The van der Waals surface area contributed by atoms with Crippen molar-refractivity contribution in [2.75, 3.05) is 65.6 Å². The Kier molecular flexibility index (Phi) is 5.88. The zero-order valence-electron chi connectivity index (χ0n) is 15.7. The lowest BCUT2D eigenvalue weighted by Gasteiger charge is -2.36. The molecule has 0 unspecified atom stereocenters. The summed E-state index contributed by atoms with van der Waals surface area (Å²) in [5, 5.41) is 0. The van der Waals surface area contributed by atoms with Gasteiger partial charge in [-0.25, -0.2) is 0 Å². The van der Waals surface area contributed by atoms with E-state index in [-0.39, 0.29) is 5.91 Å². The number of carbonyl (C=O) groups excluding carboxylic acids is 1. The van der Waals surface area contributed by atoms with Crippen molar-refractivity contribution in [1.82, 2.24) is 14.7 Å². The van der Waals surface area contributed by atoms with Gasteiger partial charge < -0.3 is 19.4 Å². The second-order valence-corrected chi connectivity index (χ2v) is 8.10. The van der Waals surface area contributed by atoms with Crippen LogP contribution < -0.4 is 0 Å². The van der Waals surface area contributed by atoms with E-state index in [9.17, 15) is 4.79 Å². The molecule has 0 aliphatic carbocycles. The molecule has 3 heterocycles. The topological polar surface area (TPSA) is 36.0 Å². The third kappa shape index (κ3) is 4.45. The van der Waals surface area contributed by atoms with E-state index < -0.39 is 0 Å². The summed E-state index contributed by atoms with van der Waals surface area (Å²) in [6.07, 6.45) is 2.37. The summed E-state index contributed by atoms with van der Waals surface area (Å²) < 4.78 is 5.50. The molecule has 0 radical (unpaired) electrons. The number of carbonyl (C=O) groups is 1. The second kappa shape index (κ2) is 8.51. The van der Waals surface area contributed by atoms with Crippen molar-refractivity contribution in [3.05, 3.63) is 35.9 Å². The number of piperazine rings is 1. The molecule has 0 saturated carbocycles. The van der Waals surface area contributed by atoms with Gasteiger partial charge in [0, 0.05) is 64.5 Å². The van der Waals surface area contributed by atoms with Crippen molar-refractivity contribution in [2.24, 2.45) is 11.8 Å². The normalized spacial score (nSPS) is 27.9. The minimum Gasteiger partial charge on any atom is -0.381 e. The van der Waals surface area contributed by atoms with Gasteiger partial charge in [0.15, 0.2) is 0 Å². The van der Waals surface area contributed by atoms with E-state index in [2.05, 4.69) is 9.80 Å². The molecule has 1 amide bonds. The van der Waals surface area contributed by atoms with Gasteiger partial charge in [-0.2, -0.15) is 0 Å². The van der Waals surface area contributed by atoms with Crippen LogP contribution >= 0.6 is 0 Å². The number of rotatable bonds is 5. The maximum Gasteiger partial charge on any atom is 0.253 e.